The number of nitrogens with one attached hydrogen (secondary N) is 1. The van der Waals surface area contributed by atoms with Gasteiger partial charge in [-0.2, -0.15) is 0 Å². The van der Waals surface area contributed by atoms with Crippen LogP contribution in [0.3, 0.4) is 0 Å². The molecule has 132 valence electrons. The van der Waals surface area contributed by atoms with E-state index < -0.39 is 0 Å². The van der Waals surface area contributed by atoms with Crippen LogP contribution >= 0.6 is 11.8 Å². The minimum Gasteiger partial charge on any atom is -0.396 e. The van der Waals surface area contributed by atoms with Crippen molar-refractivity contribution in [1.82, 2.24) is 9.88 Å². The highest BCUT2D eigenvalue weighted by atomic mass is 32.2. The minimum absolute atomic E-state index is 0.196. The van der Waals surface area contributed by atoms with Crippen LogP contribution in [0.25, 0.3) is 10.9 Å². The highest BCUT2D eigenvalue weighted by Gasteiger charge is 2.22. The van der Waals surface area contributed by atoms with Crippen LogP contribution in [0.5, 0.6) is 0 Å². The predicted octanol–water partition coefficient (Wildman–Crippen LogP) is 4.09. The molecule has 3 nitrogen and oxygen atoms in total. The average molecular weight is 355 g/mol. The van der Waals surface area contributed by atoms with Crippen molar-refractivity contribution in [2.75, 3.05) is 33.0 Å². The molecule has 0 saturated heterocycles. The summed E-state index contributed by atoms with van der Waals surface area (Å²) in [6.45, 7) is 1.21. The molecule has 0 spiro atoms. The van der Waals surface area contributed by atoms with Crippen LogP contribution in [-0.2, 0) is 6.42 Å². The van der Waals surface area contributed by atoms with E-state index in [1.807, 2.05) is 0 Å². The maximum absolute atomic E-state index is 9.36. The summed E-state index contributed by atoms with van der Waals surface area (Å²) in [5.74, 6) is 0.724. The maximum Gasteiger partial charge on any atom is 0.0701 e. The summed E-state index contributed by atoms with van der Waals surface area (Å²) in [6, 6.07) is 19.1. The summed E-state index contributed by atoms with van der Waals surface area (Å²) in [5, 5.41) is 10.9. The van der Waals surface area contributed by atoms with Gasteiger partial charge in [0.1, 0.15) is 0 Å². The molecule has 0 radical (unpaired) electrons. The lowest BCUT2D eigenvalue weighted by atomic mass is 10.0. The van der Waals surface area contributed by atoms with Gasteiger partial charge >= 0.3 is 0 Å². The lowest BCUT2D eigenvalue weighted by molar-refractivity contribution is 0.322. The molecule has 2 N–H and O–H groups in total. The first-order valence-electron chi connectivity index (χ1n) is 8.72. The first-order chi connectivity index (χ1) is 12.2. The number of benzene rings is 2. The highest BCUT2D eigenvalue weighted by molar-refractivity contribution is 7.99. The number of fused-ring (bicyclic) bond motifs is 1. The lowest BCUT2D eigenvalue weighted by Gasteiger charge is -2.19. The van der Waals surface area contributed by atoms with Crippen molar-refractivity contribution in [2.24, 2.45) is 0 Å². The zero-order valence-electron chi connectivity index (χ0n) is 14.9. The highest BCUT2D eigenvalue weighted by Crippen LogP contribution is 2.39. The van der Waals surface area contributed by atoms with E-state index in [-0.39, 0.29) is 11.9 Å². The average Bonchev–Trinajstić information content (AvgIpc) is 2.99. The summed E-state index contributed by atoms with van der Waals surface area (Å²) in [7, 11) is 4.23. The molecular formula is C21H26N2OS. The molecule has 0 bridgehead atoms. The Morgan fingerprint density at radius 1 is 1.04 bits per heavy atom. The number of aromatic amines is 1. The maximum atomic E-state index is 9.36. The topological polar surface area (TPSA) is 39.3 Å². The number of hydrogen-bond donors (Lipinski definition) is 2. The van der Waals surface area contributed by atoms with E-state index in [0.29, 0.717) is 0 Å². The third kappa shape index (κ3) is 4.27. The number of aromatic nitrogens is 1. The van der Waals surface area contributed by atoms with Crippen molar-refractivity contribution in [3.63, 3.8) is 0 Å². The van der Waals surface area contributed by atoms with Crippen molar-refractivity contribution in [3.05, 3.63) is 71.4 Å². The van der Waals surface area contributed by atoms with E-state index in [1.165, 1.54) is 27.7 Å². The largest absolute Gasteiger partial charge is 0.396 e. The van der Waals surface area contributed by atoms with Crippen molar-refractivity contribution < 1.29 is 5.11 Å². The molecule has 1 atom stereocenters. The summed E-state index contributed by atoms with van der Waals surface area (Å²) < 4.78 is 0. The number of nitrogens with zero attached hydrogens (tertiary/aromatic N) is 1. The number of para-hydroxylation sites is 1. The third-order valence-corrected chi connectivity index (χ3v) is 5.66. The number of rotatable bonds is 8. The van der Waals surface area contributed by atoms with E-state index in [2.05, 4.69) is 78.6 Å². The Bertz CT molecular complexity index is 798. The van der Waals surface area contributed by atoms with Crippen LogP contribution in [-0.4, -0.2) is 48.0 Å². The molecule has 3 rings (SSSR count). The first kappa shape index (κ1) is 18.1. The Hall–Kier alpha value is -1.75. The molecule has 0 aliphatic heterocycles. The second-order valence-electron chi connectivity index (χ2n) is 6.50. The SMILES string of the molecule is CN(C)CCc1c(C(SCCO)c2ccccc2)[nH]c2ccccc12. The first-order valence-corrected chi connectivity index (χ1v) is 9.77. The van der Waals surface area contributed by atoms with Crippen LogP contribution in [0.4, 0.5) is 0 Å². The number of likely N-dealkylation sites (N-methyl/N-ethyl adjacent to an activating group) is 1. The second-order valence-corrected chi connectivity index (χ2v) is 7.71. The summed E-state index contributed by atoms with van der Waals surface area (Å²) in [5.41, 5.74) is 5.13. The van der Waals surface area contributed by atoms with Gasteiger partial charge in [0, 0.05) is 28.9 Å². The van der Waals surface area contributed by atoms with Gasteiger partial charge in [-0.25, -0.2) is 0 Å². The van der Waals surface area contributed by atoms with Gasteiger partial charge < -0.3 is 15.0 Å². The normalized spacial score (nSPS) is 12.8. The van der Waals surface area contributed by atoms with Crippen LogP contribution in [0.15, 0.2) is 54.6 Å². The van der Waals surface area contributed by atoms with E-state index >= 15 is 0 Å². The molecule has 0 aliphatic rings. The van der Waals surface area contributed by atoms with Gasteiger partial charge in [-0.05, 0) is 37.7 Å². The van der Waals surface area contributed by atoms with E-state index in [9.17, 15) is 5.11 Å². The Morgan fingerprint density at radius 3 is 2.48 bits per heavy atom. The standard InChI is InChI=1S/C21H26N2OS/c1-23(2)13-12-18-17-10-6-7-11-19(17)22-20(18)21(25-15-14-24)16-8-4-3-5-9-16/h3-11,21-22,24H,12-15H2,1-2H3. The monoisotopic (exact) mass is 354 g/mol. The zero-order chi connectivity index (χ0) is 17.6. The fourth-order valence-corrected chi connectivity index (χ4v) is 4.25. The van der Waals surface area contributed by atoms with Crippen molar-refractivity contribution >= 4 is 22.7 Å². The number of thioether (sulfide) groups is 1. The fourth-order valence-electron chi connectivity index (χ4n) is 3.19. The second kappa shape index (κ2) is 8.56. The van der Waals surface area contributed by atoms with E-state index in [0.717, 1.165) is 18.7 Å². The Balaban J connectivity index is 2.07. The van der Waals surface area contributed by atoms with Crippen molar-refractivity contribution in [1.29, 1.82) is 0 Å². The summed E-state index contributed by atoms with van der Waals surface area (Å²) in [4.78, 5) is 5.90. The molecule has 25 heavy (non-hydrogen) atoms. The van der Waals surface area contributed by atoms with Crippen molar-refractivity contribution in [2.45, 2.75) is 11.7 Å². The van der Waals surface area contributed by atoms with E-state index in [1.54, 1.807) is 11.8 Å². The van der Waals surface area contributed by atoms with Gasteiger partial charge in [0.15, 0.2) is 0 Å². The molecule has 3 aromatic rings. The van der Waals surface area contributed by atoms with Crippen LogP contribution in [0, 0.1) is 0 Å². The molecule has 1 aromatic heterocycles. The predicted molar refractivity (Wildman–Crippen MR) is 108 cm³/mol. The Kier molecular flexibility index (Phi) is 6.19. The fraction of sp³-hybridized carbons (Fsp3) is 0.333. The molecule has 1 unspecified atom stereocenters. The van der Waals surface area contributed by atoms with Crippen LogP contribution in [0.1, 0.15) is 22.1 Å². The Labute approximate surface area is 154 Å². The van der Waals surface area contributed by atoms with Gasteiger partial charge in [0.2, 0.25) is 0 Å². The van der Waals surface area contributed by atoms with Gasteiger partial charge in [-0.3, -0.25) is 0 Å². The van der Waals surface area contributed by atoms with Crippen LogP contribution < -0.4 is 0 Å². The zero-order valence-corrected chi connectivity index (χ0v) is 15.7. The minimum atomic E-state index is 0.196. The summed E-state index contributed by atoms with van der Waals surface area (Å²) >= 11 is 1.80. The molecular weight excluding hydrogens is 328 g/mol. The Morgan fingerprint density at radius 2 is 1.76 bits per heavy atom. The molecule has 0 amide bonds. The molecule has 0 saturated carbocycles. The molecule has 4 heteroatoms. The quantitative estimate of drug-likeness (QED) is 0.640. The third-order valence-electron chi connectivity index (χ3n) is 4.40. The molecule has 0 aliphatic carbocycles. The van der Waals surface area contributed by atoms with Crippen LogP contribution in [0.2, 0.25) is 0 Å². The van der Waals surface area contributed by atoms with Gasteiger partial charge in [-0.15, -0.1) is 11.8 Å². The molecule has 0 fully saturated rings. The molecule has 1 heterocycles. The lowest BCUT2D eigenvalue weighted by Crippen LogP contribution is -2.16. The number of aliphatic hydroxyl groups is 1. The van der Waals surface area contributed by atoms with Gasteiger partial charge in [0.05, 0.1) is 11.9 Å². The smallest absolute Gasteiger partial charge is 0.0701 e. The number of H-pyrrole nitrogens is 1. The van der Waals surface area contributed by atoms with Crippen molar-refractivity contribution in [3.8, 4) is 0 Å². The molecule has 2 aromatic carbocycles. The van der Waals surface area contributed by atoms with Gasteiger partial charge in [-0.1, -0.05) is 48.5 Å². The number of aliphatic hydroxyl groups excluding tert-OH is 1. The van der Waals surface area contributed by atoms with E-state index in [4.69, 9.17) is 0 Å². The number of hydrogen-bond acceptors (Lipinski definition) is 3. The summed E-state index contributed by atoms with van der Waals surface area (Å²) in [6.07, 6.45) is 1.01. The van der Waals surface area contributed by atoms with Gasteiger partial charge in [0.25, 0.3) is 0 Å².